The summed E-state index contributed by atoms with van der Waals surface area (Å²) >= 11 is 0. The molecule has 0 atom stereocenters. The van der Waals surface area contributed by atoms with Gasteiger partial charge in [0, 0.05) is 17.5 Å². The molecule has 2 rings (SSSR count). The van der Waals surface area contributed by atoms with E-state index in [1.54, 1.807) is 6.07 Å². The summed E-state index contributed by atoms with van der Waals surface area (Å²) in [7, 11) is 1.44. The molecule has 6 heteroatoms. The fraction of sp³-hybridized carbons (Fsp3) is 0.250. The first-order valence-corrected chi connectivity index (χ1v) is 5.20. The number of alkyl halides is 3. The molecule has 0 aliphatic heterocycles. The number of nitrogens with zero attached hydrogens (tertiary/aromatic N) is 1. The van der Waals surface area contributed by atoms with Gasteiger partial charge in [0.1, 0.15) is 0 Å². The van der Waals surface area contributed by atoms with E-state index in [0.717, 1.165) is 12.1 Å². The Bertz CT molecular complexity index is 581. The average Bonchev–Trinajstić information content (AvgIpc) is 2.35. The third kappa shape index (κ3) is 2.24. The van der Waals surface area contributed by atoms with Crippen molar-refractivity contribution in [2.24, 2.45) is 5.73 Å². The third-order valence-corrected chi connectivity index (χ3v) is 2.59. The summed E-state index contributed by atoms with van der Waals surface area (Å²) in [5, 5.41) is 0.395. The van der Waals surface area contributed by atoms with Crippen molar-refractivity contribution in [3.63, 3.8) is 0 Å². The molecule has 2 aromatic rings. The fourth-order valence-corrected chi connectivity index (χ4v) is 1.70. The lowest BCUT2D eigenvalue weighted by molar-refractivity contribution is -0.137. The van der Waals surface area contributed by atoms with Crippen LogP contribution in [0, 0.1) is 0 Å². The number of nitrogens with two attached hydrogens (primary N) is 1. The zero-order chi connectivity index (χ0) is 13.3. The van der Waals surface area contributed by atoms with Crippen LogP contribution in [0.1, 0.15) is 11.1 Å². The van der Waals surface area contributed by atoms with Crippen LogP contribution in [0.4, 0.5) is 13.2 Å². The summed E-state index contributed by atoms with van der Waals surface area (Å²) < 4.78 is 42.8. The minimum Gasteiger partial charge on any atom is -0.481 e. The van der Waals surface area contributed by atoms with E-state index in [2.05, 4.69) is 4.98 Å². The predicted octanol–water partition coefficient (Wildman–Crippen LogP) is 2.72. The number of rotatable bonds is 2. The first-order valence-electron chi connectivity index (χ1n) is 5.20. The summed E-state index contributed by atoms with van der Waals surface area (Å²) in [5.41, 5.74) is 5.81. The molecule has 96 valence electrons. The zero-order valence-electron chi connectivity index (χ0n) is 9.58. The number of hydrogen-bond donors (Lipinski definition) is 1. The quantitative estimate of drug-likeness (QED) is 0.898. The third-order valence-electron chi connectivity index (χ3n) is 2.59. The Kier molecular flexibility index (Phi) is 3.13. The highest BCUT2D eigenvalue weighted by Gasteiger charge is 2.30. The van der Waals surface area contributed by atoms with E-state index in [1.807, 2.05) is 0 Å². The van der Waals surface area contributed by atoms with Gasteiger partial charge in [0.25, 0.3) is 0 Å². The number of halogens is 3. The minimum absolute atomic E-state index is 0.155. The zero-order valence-corrected chi connectivity index (χ0v) is 9.58. The first-order chi connectivity index (χ1) is 8.45. The molecule has 2 N–H and O–H groups in total. The van der Waals surface area contributed by atoms with Crippen LogP contribution in [0.5, 0.6) is 5.88 Å². The normalized spacial score (nSPS) is 11.8. The highest BCUT2D eigenvalue weighted by atomic mass is 19.4. The van der Waals surface area contributed by atoms with Crippen LogP contribution in [0.3, 0.4) is 0 Å². The van der Waals surface area contributed by atoms with Crippen molar-refractivity contribution in [3.8, 4) is 5.88 Å². The smallest absolute Gasteiger partial charge is 0.416 e. The van der Waals surface area contributed by atoms with Crippen molar-refractivity contribution >= 4 is 10.9 Å². The summed E-state index contributed by atoms with van der Waals surface area (Å²) in [6.07, 6.45) is -4.36. The maximum Gasteiger partial charge on any atom is 0.416 e. The van der Waals surface area contributed by atoms with Gasteiger partial charge in [-0.1, -0.05) is 0 Å². The average molecular weight is 256 g/mol. The van der Waals surface area contributed by atoms with E-state index < -0.39 is 11.7 Å². The van der Waals surface area contributed by atoms with Gasteiger partial charge in [-0.2, -0.15) is 13.2 Å². The molecule has 0 saturated carbocycles. The summed E-state index contributed by atoms with van der Waals surface area (Å²) in [6, 6.07) is 4.94. The lowest BCUT2D eigenvalue weighted by Gasteiger charge is -2.10. The lowest BCUT2D eigenvalue weighted by Crippen LogP contribution is -2.05. The van der Waals surface area contributed by atoms with E-state index in [4.69, 9.17) is 10.5 Å². The molecule has 1 aromatic carbocycles. The molecule has 1 aromatic heterocycles. The highest BCUT2D eigenvalue weighted by Crippen LogP contribution is 2.32. The van der Waals surface area contributed by atoms with E-state index in [0.29, 0.717) is 22.3 Å². The van der Waals surface area contributed by atoms with Gasteiger partial charge in [0.15, 0.2) is 0 Å². The van der Waals surface area contributed by atoms with Crippen molar-refractivity contribution in [2.45, 2.75) is 12.7 Å². The molecule has 0 aliphatic rings. The molecular weight excluding hydrogens is 245 g/mol. The van der Waals surface area contributed by atoms with Gasteiger partial charge >= 0.3 is 6.18 Å². The topological polar surface area (TPSA) is 48.1 Å². The number of fused-ring (bicyclic) bond motifs is 1. The van der Waals surface area contributed by atoms with E-state index >= 15 is 0 Å². The van der Waals surface area contributed by atoms with Crippen LogP contribution in [0.15, 0.2) is 24.3 Å². The van der Waals surface area contributed by atoms with Crippen molar-refractivity contribution in [3.05, 3.63) is 35.4 Å². The number of pyridine rings is 1. The highest BCUT2D eigenvalue weighted by molar-refractivity contribution is 5.81. The molecular formula is C12H11F3N2O. The second kappa shape index (κ2) is 4.45. The van der Waals surface area contributed by atoms with Gasteiger partial charge in [0.05, 0.1) is 18.2 Å². The van der Waals surface area contributed by atoms with Crippen molar-refractivity contribution in [2.75, 3.05) is 7.11 Å². The molecule has 18 heavy (non-hydrogen) atoms. The summed E-state index contributed by atoms with van der Waals surface area (Å²) in [6.45, 7) is 0.155. The summed E-state index contributed by atoms with van der Waals surface area (Å²) in [4.78, 5) is 4.12. The molecule has 0 fully saturated rings. The summed E-state index contributed by atoms with van der Waals surface area (Å²) in [5.74, 6) is 0.338. The van der Waals surface area contributed by atoms with E-state index in [-0.39, 0.29) is 6.54 Å². The molecule has 0 unspecified atom stereocenters. The van der Waals surface area contributed by atoms with Crippen LogP contribution in [0.25, 0.3) is 10.9 Å². The number of methoxy groups -OCH3 is 1. The van der Waals surface area contributed by atoms with Gasteiger partial charge in [-0.05, 0) is 24.3 Å². The molecule has 0 spiro atoms. The van der Waals surface area contributed by atoms with Crippen LogP contribution in [0.2, 0.25) is 0 Å². The Morgan fingerprint density at radius 1 is 1.28 bits per heavy atom. The van der Waals surface area contributed by atoms with Gasteiger partial charge in [-0.25, -0.2) is 4.98 Å². The SMILES string of the molecule is COc1nc2ccc(C(F)(F)F)cc2cc1CN. The van der Waals surface area contributed by atoms with Crippen molar-refractivity contribution in [1.29, 1.82) is 0 Å². The molecule has 0 saturated heterocycles. The van der Waals surface area contributed by atoms with Crippen LogP contribution in [-0.4, -0.2) is 12.1 Å². The Labute approximate surface area is 101 Å². The van der Waals surface area contributed by atoms with E-state index in [9.17, 15) is 13.2 Å². The number of ether oxygens (including phenoxy) is 1. The Balaban J connectivity index is 2.63. The Morgan fingerprint density at radius 3 is 2.56 bits per heavy atom. The number of hydrogen-bond acceptors (Lipinski definition) is 3. The van der Waals surface area contributed by atoms with E-state index in [1.165, 1.54) is 13.2 Å². The Hall–Kier alpha value is -1.82. The monoisotopic (exact) mass is 256 g/mol. The van der Waals surface area contributed by atoms with Gasteiger partial charge in [-0.15, -0.1) is 0 Å². The van der Waals surface area contributed by atoms with Gasteiger partial charge in [0.2, 0.25) is 5.88 Å². The maximum atomic E-state index is 12.6. The minimum atomic E-state index is -4.36. The number of aromatic nitrogens is 1. The molecule has 1 heterocycles. The second-order valence-electron chi connectivity index (χ2n) is 3.77. The van der Waals surface area contributed by atoms with Crippen LogP contribution < -0.4 is 10.5 Å². The molecule has 0 bridgehead atoms. The maximum absolute atomic E-state index is 12.6. The molecule has 3 nitrogen and oxygen atoms in total. The fourth-order valence-electron chi connectivity index (χ4n) is 1.70. The van der Waals surface area contributed by atoms with Crippen molar-refractivity contribution < 1.29 is 17.9 Å². The standard InChI is InChI=1S/C12H11F3N2O/c1-18-11-8(6-16)4-7-5-9(12(13,14)15)2-3-10(7)17-11/h2-5H,6,16H2,1H3. The second-order valence-corrected chi connectivity index (χ2v) is 3.77. The lowest BCUT2D eigenvalue weighted by atomic mass is 10.1. The predicted molar refractivity (Wildman–Crippen MR) is 61.2 cm³/mol. The first kappa shape index (κ1) is 12.6. The molecule has 0 amide bonds. The molecule has 0 aliphatic carbocycles. The molecule has 0 radical (unpaired) electrons. The Morgan fingerprint density at radius 2 is 2.00 bits per heavy atom. The largest absolute Gasteiger partial charge is 0.481 e. The van der Waals surface area contributed by atoms with Crippen LogP contribution >= 0.6 is 0 Å². The van der Waals surface area contributed by atoms with Gasteiger partial charge < -0.3 is 10.5 Å². The van der Waals surface area contributed by atoms with Gasteiger partial charge in [-0.3, -0.25) is 0 Å². The van der Waals surface area contributed by atoms with Crippen LogP contribution in [-0.2, 0) is 12.7 Å². The van der Waals surface area contributed by atoms with Crippen molar-refractivity contribution in [1.82, 2.24) is 4.98 Å². The number of benzene rings is 1.